The Morgan fingerprint density at radius 2 is 1.88 bits per heavy atom. The molecule has 0 saturated carbocycles. The molecule has 0 aliphatic heterocycles. The minimum absolute atomic E-state index is 0.0625. The predicted molar refractivity (Wildman–Crippen MR) is 60.0 cm³/mol. The van der Waals surface area contributed by atoms with Crippen molar-refractivity contribution in [3.8, 4) is 23.9 Å². The van der Waals surface area contributed by atoms with Crippen LogP contribution in [0.3, 0.4) is 0 Å². The van der Waals surface area contributed by atoms with Crippen LogP contribution in [0.25, 0.3) is 0 Å². The summed E-state index contributed by atoms with van der Waals surface area (Å²) in [5.41, 5.74) is -0.0625. The second kappa shape index (κ2) is 10.6. The highest BCUT2D eigenvalue weighted by molar-refractivity contribution is 5.90. The van der Waals surface area contributed by atoms with Gasteiger partial charge in [-0.25, -0.2) is 9.59 Å². The van der Waals surface area contributed by atoms with Crippen molar-refractivity contribution in [2.45, 2.75) is 13.8 Å². The van der Waals surface area contributed by atoms with E-state index in [1.165, 1.54) is 0 Å². The van der Waals surface area contributed by atoms with Gasteiger partial charge in [0, 0.05) is 13.0 Å². The zero-order valence-electron chi connectivity index (χ0n) is 9.16. The highest BCUT2D eigenvalue weighted by Crippen LogP contribution is 1.83. The minimum Gasteiger partial charge on any atom is -0.477 e. The fourth-order valence-corrected chi connectivity index (χ4v) is 0.347. The van der Waals surface area contributed by atoms with Gasteiger partial charge in [0.15, 0.2) is 0 Å². The summed E-state index contributed by atoms with van der Waals surface area (Å²) in [6, 6.07) is 0. The van der Waals surface area contributed by atoms with E-state index in [0.717, 1.165) is 6.08 Å². The number of hydrogen-bond acceptors (Lipinski definition) is 3. The number of aliphatic carboxylic acids is 1. The van der Waals surface area contributed by atoms with E-state index < -0.39 is 11.9 Å². The van der Waals surface area contributed by atoms with Crippen LogP contribution >= 0.6 is 0 Å². The standard InChI is InChI=1S/2C6H6O2/c1-3-4-5(2)6(7)8;1-3-5-8-6(7)4-2/h2H2,1H3,(H,7,8);4H,2H2,1H3. The highest BCUT2D eigenvalue weighted by Gasteiger charge is 1.95. The Labute approximate surface area is 94.6 Å². The lowest BCUT2D eigenvalue weighted by Gasteiger charge is -1.81. The van der Waals surface area contributed by atoms with Crippen molar-refractivity contribution in [3.63, 3.8) is 0 Å². The van der Waals surface area contributed by atoms with E-state index in [4.69, 9.17) is 5.11 Å². The molecule has 0 aromatic carbocycles. The first-order valence-electron chi connectivity index (χ1n) is 4.09. The number of hydrogen-bond donors (Lipinski definition) is 1. The topological polar surface area (TPSA) is 63.6 Å². The third-order valence-electron chi connectivity index (χ3n) is 0.954. The molecule has 16 heavy (non-hydrogen) atoms. The second-order valence-electron chi connectivity index (χ2n) is 2.14. The molecule has 0 radical (unpaired) electrons. The number of carbonyl (C=O) groups is 2. The van der Waals surface area contributed by atoms with Crippen LogP contribution < -0.4 is 0 Å². The molecule has 0 heterocycles. The van der Waals surface area contributed by atoms with Gasteiger partial charge in [0.25, 0.3) is 0 Å². The Kier molecular flexibility index (Phi) is 10.6. The predicted octanol–water partition coefficient (Wildman–Crippen LogP) is 1.35. The van der Waals surface area contributed by atoms with Crippen LogP contribution in [0.2, 0.25) is 0 Å². The van der Waals surface area contributed by atoms with Crippen LogP contribution in [-0.2, 0) is 14.3 Å². The Bertz CT molecular complexity index is 394. The molecular weight excluding hydrogens is 208 g/mol. The largest absolute Gasteiger partial charge is 0.477 e. The van der Waals surface area contributed by atoms with Gasteiger partial charge in [-0.1, -0.05) is 25.0 Å². The summed E-state index contributed by atoms with van der Waals surface area (Å²) in [5, 5.41) is 8.11. The minimum atomic E-state index is -1.06. The van der Waals surface area contributed by atoms with Gasteiger partial charge in [-0.05, 0) is 6.92 Å². The number of carboxylic acids is 1. The van der Waals surface area contributed by atoms with E-state index in [0.29, 0.717) is 0 Å². The van der Waals surface area contributed by atoms with Crippen LogP contribution in [0, 0.1) is 23.9 Å². The average molecular weight is 220 g/mol. The highest BCUT2D eigenvalue weighted by atomic mass is 16.5. The summed E-state index contributed by atoms with van der Waals surface area (Å²) in [7, 11) is 0. The Morgan fingerprint density at radius 1 is 1.31 bits per heavy atom. The number of rotatable bonds is 2. The van der Waals surface area contributed by atoms with Crippen molar-refractivity contribution >= 4 is 11.9 Å². The summed E-state index contributed by atoms with van der Waals surface area (Å²) in [6.45, 7) is 9.49. The van der Waals surface area contributed by atoms with Gasteiger partial charge in [0.2, 0.25) is 0 Å². The maximum Gasteiger partial charge on any atom is 0.344 e. The molecule has 0 aliphatic carbocycles. The fraction of sp³-hybridized carbons (Fsp3) is 0.167. The molecule has 4 nitrogen and oxygen atoms in total. The summed E-state index contributed by atoms with van der Waals surface area (Å²) in [4.78, 5) is 20.0. The molecule has 84 valence electrons. The summed E-state index contributed by atoms with van der Waals surface area (Å²) >= 11 is 0. The quantitative estimate of drug-likeness (QED) is 0.433. The first-order chi connectivity index (χ1) is 7.49. The van der Waals surface area contributed by atoms with E-state index in [2.05, 4.69) is 41.8 Å². The number of carbonyl (C=O) groups excluding carboxylic acids is 1. The lowest BCUT2D eigenvalue weighted by Crippen LogP contribution is -1.94. The van der Waals surface area contributed by atoms with Gasteiger partial charge in [-0.2, -0.15) is 0 Å². The van der Waals surface area contributed by atoms with Gasteiger partial charge in [-0.15, -0.1) is 5.92 Å². The van der Waals surface area contributed by atoms with Crippen LogP contribution in [0.15, 0.2) is 24.8 Å². The molecule has 0 saturated heterocycles. The zero-order chi connectivity index (χ0) is 13.0. The lowest BCUT2D eigenvalue weighted by molar-refractivity contribution is -0.132. The smallest absolute Gasteiger partial charge is 0.344 e. The van der Waals surface area contributed by atoms with Crippen LogP contribution in [0.1, 0.15) is 13.8 Å². The van der Waals surface area contributed by atoms with Crippen molar-refractivity contribution in [2.75, 3.05) is 0 Å². The van der Waals surface area contributed by atoms with E-state index in [1.807, 2.05) is 0 Å². The van der Waals surface area contributed by atoms with Crippen molar-refractivity contribution in [1.82, 2.24) is 0 Å². The molecule has 0 atom stereocenters. The number of esters is 1. The molecule has 0 bridgehead atoms. The van der Waals surface area contributed by atoms with Gasteiger partial charge < -0.3 is 9.84 Å². The van der Waals surface area contributed by atoms with Crippen molar-refractivity contribution in [1.29, 1.82) is 0 Å². The monoisotopic (exact) mass is 220 g/mol. The molecule has 0 unspecified atom stereocenters. The normalized spacial score (nSPS) is 6.38. The third-order valence-corrected chi connectivity index (χ3v) is 0.954. The average Bonchev–Trinajstić information content (AvgIpc) is 2.27. The van der Waals surface area contributed by atoms with Crippen LogP contribution in [0.5, 0.6) is 0 Å². The van der Waals surface area contributed by atoms with Gasteiger partial charge in [0.05, 0.1) is 0 Å². The maximum absolute atomic E-state index is 10.1. The van der Waals surface area contributed by atoms with E-state index in [9.17, 15) is 9.59 Å². The number of carboxylic acid groups (broad SMARTS) is 1. The summed E-state index contributed by atoms with van der Waals surface area (Å²) in [6.07, 6.45) is 3.19. The Morgan fingerprint density at radius 3 is 2.12 bits per heavy atom. The van der Waals surface area contributed by atoms with Gasteiger partial charge in [0.1, 0.15) is 11.7 Å². The first kappa shape index (κ1) is 16.0. The molecule has 0 fully saturated rings. The number of ether oxygens (including phenoxy) is 1. The molecule has 1 N–H and O–H groups in total. The van der Waals surface area contributed by atoms with Crippen LogP contribution in [-0.4, -0.2) is 17.0 Å². The maximum atomic E-state index is 10.1. The summed E-state index contributed by atoms with van der Waals surface area (Å²) < 4.78 is 4.22. The molecule has 0 amide bonds. The third kappa shape index (κ3) is 11.5. The Hall–Kier alpha value is -2.46. The van der Waals surface area contributed by atoms with Gasteiger partial charge in [-0.3, -0.25) is 0 Å². The molecule has 0 aromatic heterocycles. The first-order valence-corrected chi connectivity index (χ1v) is 4.09. The van der Waals surface area contributed by atoms with E-state index >= 15 is 0 Å². The fourth-order valence-electron chi connectivity index (χ4n) is 0.347. The molecule has 0 spiro atoms. The Balaban J connectivity index is 0. The van der Waals surface area contributed by atoms with E-state index in [1.54, 1.807) is 13.8 Å². The SMILES string of the molecule is C=C(C#CC)C(=O)O.C=CC(=O)OC#CC. The molecule has 4 heteroatoms. The molecular formula is C12H12O4. The molecule has 0 aliphatic rings. The summed E-state index contributed by atoms with van der Waals surface area (Å²) in [5.74, 6) is 5.54. The van der Waals surface area contributed by atoms with Crippen molar-refractivity contribution in [3.05, 3.63) is 24.8 Å². The lowest BCUT2D eigenvalue weighted by atomic mass is 10.3. The van der Waals surface area contributed by atoms with Crippen molar-refractivity contribution in [2.24, 2.45) is 0 Å². The van der Waals surface area contributed by atoms with Crippen LogP contribution in [0.4, 0.5) is 0 Å². The van der Waals surface area contributed by atoms with Gasteiger partial charge >= 0.3 is 11.9 Å². The van der Waals surface area contributed by atoms with Crippen molar-refractivity contribution < 1.29 is 19.4 Å². The molecule has 0 aromatic rings. The zero-order valence-corrected chi connectivity index (χ0v) is 9.16. The second-order valence-corrected chi connectivity index (χ2v) is 2.14. The van der Waals surface area contributed by atoms with E-state index in [-0.39, 0.29) is 5.57 Å². The molecule has 0 rings (SSSR count).